The number of anilines is 2. The van der Waals surface area contributed by atoms with E-state index in [0.29, 0.717) is 12.4 Å². The van der Waals surface area contributed by atoms with E-state index in [1.807, 2.05) is 29.3 Å². The summed E-state index contributed by atoms with van der Waals surface area (Å²) in [4.78, 5) is 11.3. The molecule has 1 aromatic carbocycles. The topological polar surface area (TPSA) is 29.0 Å². The molecule has 6 heteroatoms. The Morgan fingerprint density at radius 2 is 2.15 bits per heavy atom. The first kappa shape index (κ1) is 13.3. The second-order valence-electron chi connectivity index (χ2n) is 4.18. The summed E-state index contributed by atoms with van der Waals surface area (Å²) >= 11 is 7.49. The van der Waals surface area contributed by atoms with E-state index >= 15 is 0 Å². The summed E-state index contributed by atoms with van der Waals surface area (Å²) in [5.74, 6) is 0.428. The Hall–Kier alpha value is -1.72. The van der Waals surface area contributed by atoms with Gasteiger partial charge in [0.05, 0.1) is 5.39 Å². The molecule has 0 atom stereocenters. The van der Waals surface area contributed by atoms with Gasteiger partial charge in [0.1, 0.15) is 16.5 Å². The van der Waals surface area contributed by atoms with E-state index in [1.165, 1.54) is 23.5 Å². The molecule has 3 nitrogen and oxygen atoms in total. The summed E-state index contributed by atoms with van der Waals surface area (Å²) in [6, 6.07) is 8.39. The second kappa shape index (κ2) is 5.34. The lowest BCUT2D eigenvalue weighted by molar-refractivity contribution is 0.627. The van der Waals surface area contributed by atoms with Crippen molar-refractivity contribution in [2.45, 2.75) is 6.92 Å². The molecule has 0 fully saturated rings. The molecule has 0 saturated heterocycles. The van der Waals surface area contributed by atoms with Crippen LogP contribution in [0.3, 0.4) is 0 Å². The Morgan fingerprint density at radius 1 is 1.30 bits per heavy atom. The first-order valence-corrected chi connectivity index (χ1v) is 7.38. The number of fused-ring (bicyclic) bond motifs is 1. The predicted molar refractivity (Wildman–Crippen MR) is 81.5 cm³/mol. The standard InChI is InChI=1S/C14H11ClFN3S/c1-2-19(10-5-3-4-9(16)8-10)12-11-6-7-20-13(11)18-14(15)17-12/h3-8H,2H2,1H3. The molecule has 0 radical (unpaired) electrons. The van der Waals surface area contributed by atoms with Gasteiger partial charge in [-0.25, -0.2) is 9.37 Å². The van der Waals surface area contributed by atoms with Gasteiger partial charge in [-0.2, -0.15) is 4.98 Å². The third-order valence-corrected chi connectivity index (χ3v) is 3.95. The molecule has 0 unspecified atom stereocenters. The zero-order valence-electron chi connectivity index (χ0n) is 10.7. The van der Waals surface area contributed by atoms with Crippen LogP contribution in [0.4, 0.5) is 15.9 Å². The molecule has 0 saturated carbocycles. The maximum atomic E-state index is 13.4. The number of hydrogen-bond acceptors (Lipinski definition) is 4. The minimum Gasteiger partial charge on any atom is -0.326 e. The first-order valence-electron chi connectivity index (χ1n) is 6.13. The third-order valence-electron chi connectivity index (χ3n) is 2.97. The Kier molecular flexibility index (Phi) is 3.54. The Labute approximate surface area is 124 Å². The number of benzene rings is 1. The third kappa shape index (κ3) is 2.34. The lowest BCUT2D eigenvalue weighted by Gasteiger charge is -2.22. The lowest BCUT2D eigenvalue weighted by Crippen LogP contribution is -2.18. The molecule has 0 bridgehead atoms. The molecule has 0 aliphatic carbocycles. The zero-order chi connectivity index (χ0) is 14.1. The largest absolute Gasteiger partial charge is 0.326 e. The minimum atomic E-state index is -0.275. The van der Waals surface area contributed by atoms with Gasteiger partial charge in [0.2, 0.25) is 5.28 Å². The Balaban J connectivity index is 2.18. The molecule has 20 heavy (non-hydrogen) atoms. The maximum Gasteiger partial charge on any atom is 0.225 e. The van der Waals surface area contributed by atoms with Gasteiger partial charge in [-0.05, 0) is 48.2 Å². The summed E-state index contributed by atoms with van der Waals surface area (Å²) in [5.41, 5.74) is 0.745. The van der Waals surface area contributed by atoms with Gasteiger partial charge in [-0.15, -0.1) is 11.3 Å². The van der Waals surface area contributed by atoms with Crippen molar-refractivity contribution in [2.24, 2.45) is 0 Å². The van der Waals surface area contributed by atoms with E-state index in [2.05, 4.69) is 9.97 Å². The van der Waals surface area contributed by atoms with Crippen molar-refractivity contribution in [1.82, 2.24) is 9.97 Å². The summed E-state index contributed by atoms with van der Waals surface area (Å²) in [5, 5.41) is 3.06. The molecular weight excluding hydrogens is 297 g/mol. The van der Waals surface area contributed by atoms with Crippen LogP contribution < -0.4 is 4.90 Å². The number of hydrogen-bond donors (Lipinski definition) is 0. The molecule has 3 aromatic rings. The fraction of sp³-hybridized carbons (Fsp3) is 0.143. The highest BCUT2D eigenvalue weighted by Gasteiger charge is 2.15. The van der Waals surface area contributed by atoms with Gasteiger partial charge >= 0.3 is 0 Å². The minimum absolute atomic E-state index is 0.199. The van der Waals surface area contributed by atoms with E-state index in [1.54, 1.807) is 6.07 Å². The summed E-state index contributed by atoms with van der Waals surface area (Å²) in [6.45, 7) is 2.64. The number of halogens is 2. The summed E-state index contributed by atoms with van der Waals surface area (Å²) in [7, 11) is 0. The molecule has 102 valence electrons. The van der Waals surface area contributed by atoms with E-state index in [-0.39, 0.29) is 11.1 Å². The van der Waals surface area contributed by atoms with Crippen LogP contribution in [0, 0.1) is 5.82 Å². The number of thiophene rings is 1. The molecule has 0 amide bonds. The Morgan fingerprint density at radius 3 is 2.90 bits per heavy atom. The molecule has 0 spiro atoms. The number of nitrogens with zero attached hydrogens (tertiary/aromatic N) is 3. The quantitative estimate of drug-likeness (QED) is 0.660. The van der Waals surface area contributed by atoms with Crippen LogP contribution in [0.5, 0.6) is 0 Å². The number of aromatic nitrogens is 2. The molecule has 3 rings (SSSR count). The first-order chi connectivity index (χ1) is 9.69. The van der Waals surface area contributed by atoms with Crippen molar-refractivity contribution in [2.75, 3.05) is 11.4 Å². The summed E-state index contributed by atoms with van der Waals surface area (Å²) < 4.78 is 13.4. The van der Waals surface area contributed by atoms with Crippen LogP contribution in [0.15, 0.2) is 35.7 Å². The van der Waals surface area contributed by atoms with Gasteiger partial charge in [0.25, 0.3) is 0 Å². The van der Waals surface area contributed by atoms with Crippen LogP contribution in [-0.4, -0.2) is 16.5 Å². The smallest absolute Gasteiger partial charge is 0.225 e. The van der Waals surface area contributed by atoms with Crippen molar-refractivity contribution >= 4 is 44.7 Å². The fourth-order valence-electron chi connectivity index (χ4n) is 2.12. The SMILES string of the molecule is CCN(c1cccc(F)c1)c1nc(Cl)nc2sccc12. The molecule has 0 aliphatic rings. The Bertz CT molecular complexity index is 759. The number of rotatable bonds is 3. The van der Waals surface area contributed by atoms with E-state index < -0.39 is 0 Å². The van der Waals surface area contributed by atoms with Crippen LogP contribution in [0.1, 0.15) is 6.92 Å². The van der Waals surface area contributed by atoms with E-state index in [4.69, 9.17) is 11.6 Å². The van der Waals surface area contributed by atoms with Crippen molar-refractivity contribution in [3.63, 3.8) is 0 Å². The summed E-state index contributed by atoms with van der Waals surface area (Å²) in [6.07, 6.45) is 0. The molecule has 2 heterocycles. The molecule has 0 N–H and O–H groups in total. The van der Waals surface area contributed by atoms with E-state index in [9.17, 15) is 4.39 Å². The van der Waals surface area contributed by atoms with Crippen LogP contribution in [0.25, 0.3) is 10.2 Å². The van der Waals surface area contributed by atoms with Gasteiger partial charge in [-0.1, -0.05) is 6.07 Å². The van der Waals surface area contributed by atoms with Crippen LogP contribution in [-0.2, 0) is 0 Å². The molecule has 2 aromatic heterocycles. The van der Waals surface area contributed by atoms with Crippen LogP contribution >= 0.6 is 22.9 Å². The van der Waals surface area contributed by atoms with Gasteiger partial charge in [-0.3, -0.25) is 0 Å². The highest BCUT2D eigenvalue weighted by Crippen LogP contribution is 2.33. The average Bonchev–Trinajstić information content (AvgIpc) is 2.87. The molecular formula is C14H11ClFN3S. The monoisotopic (exact) mass is 307 g/mol. The zero-order valence-corrected chi connectivity index (χ0v) is 12.2. The average molecular weight is 308 g/mol. The second-order valence-corrected chi connectivity index (χ2v) is 5.41. The van der Waals surface area contributed by atoms with E-state index in [0.717, 1.165) is 15.9 Å². The highest BCUT2D eigenvalue weighted by molar-refractivity contribution is 7.16. The van der Waals surface area contributed by atoms with Crippen molar-refractivity contribution in [3.8, 4) is 0 Å². The van der Waals surface area contributed by atoms with Gasteiger partial charge < -0.3 is 4.90 Å². The highest BCUT2D eigenvalue weighted by atomic mass is 35.5. The lowest BCUT2D eigenvalue weighted by atomic mass is 10.2. The normalized spacial score (nSPS) is 10.9. The van der Waals surface area contributed by atoms with Crippen LogP contribution in [0.2, 0.25) is 5.28 Å². The maximum absolute atomic E-state index is 13.4. The predicted octanol–water partition coefficient (Wildman–Crippen LogP) is 4.64. The van der Waals surface area contributed by atoms with Crippen molar-refractivity contribution in [1.29, 1.82) is 0 Å². The molecule has 0 aliphatic heterocycles. The van der Waals surface area contributed by atoms with Crippen molar-refractivity contribution in [3.05, 3.63) is 46.8 Å². The van der Waals surface area contributed by atoms with Gasteiger partial charge in [0.15, 0.2) is 0 Å². The van der Waals surface area contributed by atoms with Crippen molar-refractivity contribution < 1.29 is 4.39 Å². The van der Waals surface area contributed by atoms with Gasteiger partial charge in [0, 0.05) is 12.2 Å². The fourth-order valence-corrected chi connectivity index (χ4v) is 3.09.